The van der Waals surface area contributed by atoms with Crippen molar-refractivity contribution in [3.8, 4) is 11.5 Å². The van der Waals surface area contributed by atoms with Crippen molar-refractivity contribution in [1.82, 2.24) is 19.7 Å². The fraction of sp³-hybridized carbons (Fsp3) is 0.300. The molecule has 3 rings (SSSR count). The molecule has 0 saturated heterocycles. The monoisotopic (exact) mass is 425 g/mol. The zero-order chi connectivity index (χ0) is 22.5. The van der Waals surface area contributed by atoms with Crippen molar-refractivity contribution in [3.05, 3.63) is 62.7 Å². The van der Waals surface area contributed by atoms with Gasteiger partial charge in [0.05, 0.1) is 18.2 Å². The Morgan fingerprint density at radius 1 is 1.16 bits per heavy atom. The van der Waals surface area contributed by atoms with Gasteiger partial charge in [0.15, 0.2) is 18.2 Å². The van der Waals surface area contributed by atoms with E-state index in [-0.39, 0.29) is 12.4 Å². The average Bonchev–Trinajstić information content (AvgIpc) is 2.99. The molecule has 0 saturated carbocycles. The van der Waals surface area contributed by atoms with Crippen LogP contribution in [0.2, 0.25) is 0 Å². The maximum absolute atomic E-state index is 11.1. The van der Waals surface area contributed by atoms with E-state index in [1.54, 1.807) is 38.3 Å². The average molecular weight is 425 g/mol. The normalized spacial score (nSPS) is 11.0. The molecule has 0 aliphatic heterocycles. The first-order valence-corrected chi connectivity index (χ1v) is 9.39. The molecule has 0 aliphatic rings. The second-order valence-electron chi connectivity index (χ2n) is 6.80. The lowest BCUT2D eigenvalue weighted by Crippen LogP contribution is -2.09. The van der Waals surface area contributed by atoms with Crippen molar-refractivity contribution >= 4 is 17.9 Å². The SMILES string of the molecule is COc1cc(C=NNc2nc(C)cc(C)n2)ccc1OCn1nc(C)c([N+](=O)[O-])c1C. The van der Waals surface area contributed by atoms with Crippen molar-refractivity contribution in [1.29, 1.82) is 0 Å². The summed E-state index contributed by atoms with van der Waals surface area (Å²) >= 11 is 0. The molecule has 0 fully saturated rings. The Hall–Kier alpha value is -4.02. The predicted molar refractivity (Wildman–Crippen MR) is 115 cm³/mol. The van der Waals surface area contributed by atoms with Gasteiger partial charge in [0.25, 0.3) is 0 Å². The Morgan fingerprint density at radius 3 is 2.48 bits per heavy atom. The van der Waals surface area contributed by atoms with Crippen LogP contribution in [-0.4, -0.2) is 38.0 Å². The number of methoxy groups -OCH3 is 1. The first kappa shape index (κ1) is 21.7. The zero-order valence-electron chi connectivity index (χ0n) is 17.9. The summed E-state index contributed by atoms with van der Waals surface area (Å²) in [5, 5.41) is 19.5. The number of hydrazone groups is 1. The van der Waals surface area contributed by atoms with E-state index in [2.05, 4.69) is 25.6 Å². The third-order valence-corrected chi connectivity index (χ3v) is 4.42. The summed E-state index contributed by atoms with van der Waals surface area (Å²) in [6.45, 7) is 7.00. The molecule has 162 valence electrons. The van der Waals surface area contributed by atoms with Crippen LogP contribution in [0.5, 0.6) is 11.5 Å². The van der Waals surface area contributed by atoms with Crippen LogP contribution in [-0.2, 0) is 6.73 Å². The van der Waals surface area contributed by atoms with E-state index in [0.717, 1.165) is 17.0 Å². The minimum atomic E-state index is -0.444. The van der Waals surface area contributed by atoms with Crippen LogP contribution in [0.1, 0.15) is 28.3 Å². The van der Waals surface area contributed by atoms with Crippen LogP contribution in [0.25, 0.3) is 0 Å². The van der Waals surface area contributed by atoms with Crippen LogP contribution in [0.4, 0.5) is 11.6 Å². The summed E-state index contributed by atoms with van der Waals surface area (Å²) in [7, 11) is 1.53. The highest BCUT2D eigenvalue weighted by Crippen LogP contribution is 2.29. The van der Waals surface area contributed by atoms with E-state index >= 15 is 0 Å². The van der Waals surface area contributed by atoms with Gasteiger partial charge in [-0.25, -0.2) is 20.1 Å². The third kappa shape index (κ3) is 5.13. The van der Waals surface area contributed by atoms with Crippen LogP contribution < -0.4 is 14.9 Å². The standard InChI is InChI=1S/C20H23N7O4/c1-12-8-13(2)23-20(22-12)24-21-10-16-6-7-17(18(9-16)30-5)31-11-26-15(4)19(27(28)29)14(3)25-26/h6-10H,11H2,1-5H3,(H,22,23,24). The van der Waals surface area contributed by atoms with Gasteiger partial charge < -0.3 is 9.47 Å². The van der Waals surface area contributed by atoms with Crippen molar-refractivity contribution < 1.29 is 14.4 Å². The molecule has 0 amide bonds. The summed E-state index contributed by atoms with van der Waals surface area (Å²) in [4.78, 5) is 19.2. The van der Waals surface area contributed by atoms with Gasteiger partial charge in [0.1, 0.15) is 11.4 Å². The molecule has 2 heterocycles. The molecule has 0 unspecified atom stereocenters. The maximum Gasteiger partial charge on any atom is 0.312 e. The number of nitrogens with one attached hydrogen (secondary N) is 1. The minimum absolute atomic E-state index is 0.00983. The number of anilines is 1. The number of ether oxygens (including phenoxy) is 2. The molecule has 2 aromatic heterocycles. The molecular weight excluding hydrogens is 402 g/mol. The molecule has 0 bridgehead atoms. The molecule has 0 atom stereocenters. The Labute approximate surface area is 178 Å². The van der Waals surface area contributed by atoms with Crippen LogP contribution in [0.3, 0.4) is 0 Å². The number of aromatic nitrogens is 4. The highest BCUT2D eigenvalue weighted by molar-refractivity contribution is 5.81. The number of rotatable bonds is 8. The van der Waals surface area contributed by atoms with Crippen molar-refractivity contribution in [2.75, 3.05) is 12.5 Å². The van der Waals surface area contributed by atoms with Gasteiger partial charge in [-0.05, 0) is 57.5 Å². The summed E-state index contributed by atoms with van der Waals surface area (Å²) in [6, 6.07) is 7.16. The number of aryl methyl sites for hydroxylation is 3. The molecule has 0 spiro atoms. The largest absolute Gasteiger partial charge is 0.493 e. The highest BCUT2D eigenvalue weighted by Gasteiger charge is 2.22. The smallest absolute Gasteiger partial charge is 0.312 e. The van der Waals surface area contributed by atoms with Gasteiger partial charge in [0, 0.05) is 11.4 Å². The molecule has 1 N–H and O–H groups in total. The molecule has 31 heavy (non-hydrogen) atoms. The summed E-state index contributed by atoms with van der Waals surface area (Å²) < 4.78 is 12.6. The molecule has 11 heteroatoms. The van der Waals surface area contributed by atoms with E-state index in [9.17, 15) is 10.1 Å². The van der Waals surface area contributed by atoms with Crippen molar-refractivity contribution in [3.63, 3.8) is 0 Å². The van der Waals surface area contributed by atoms with Crippen LogP contribution in [0, 0.1) is 37.8 Å². The lowest BCUT2D eigenvalue weighted by Gasteiger charge is -2.12. The lowest BCUT2D eigenvalue weighted by atomic mass is 10.2. The molecule has 3 aromatic rings. The summed E-state index contributed by atoms with van der Waals surface area (Å²) in [5.41, 5.74) is 6.02. The Kier molecular flexibility index (Phi) is 6.43. The topological polar surface area (TPSA) is 130 Å². The maximum atomic E-state index is 11.1. The Morgan fingerprint density at radius 2 is 1.87 bits per heavy atom. The fourth-order valence-electron chi connectivity index (χ4n) is 3.03. The van der Waals surface area contributed by atoms with Crippen molar-refractivity contribution in [2.24, 2.45) is 5.10 Å². The molecule has 0 radical (unpaired) electrons. The zero-order valence-corrected chi connectivity index (χ0v) is 17.9. The van der Waals surface area contributed by atoms with E-state index in [4.69, 9.17) is 9.47 Å². The van der Waals surface area contributed by atoms with Crippen LogP contribution >= 0.6 is 0 Å². The van der Waals surface area contributed by atoms with E-state index in [0.29, 0.717) is 28.8 Å². The van der Waals surface area contributed by atoms with E-state index in [1.807, 2.05) is 19.9 Å². The first-order chi connectivity index (χ1) is 14.8. The minimum Gasteiger partial charge on any atom is -0.493 e. The molecular formula is C20H23N7O4. The van der Waals surface area contributed by atoms with E-state index < -0.39 is 4.92 Å². The molecule has 11 nitrogen and oxygen atoms in total. The number of nitro groups is 1. The van der Waals surface area contributed by atoms with Crippen molar-refractivity contribution in [2.45, 2.75) is 34.4 Å². The highest BCUT2D eigenvalue weighted by atomic mass is 16.6. The molecule has 1 aromatic carbocycles. The first-order valence-electron chi connectivity index (χ1n) is 9.39. The van der Waals surface area contributed by atoms with Gasteiger partial charge in [-0.3, -0.25) is 10.1 Å². The van der Waals surface area contributed by atoms with Gasteiger partial charge in [-0.1, -0.05) is 0 Å². The lowest BCUT2D eigenvalue weighted by molar-refractivity contribution is -0.386. The van der Waals surface area contributed by atoms with Gasteiger partial charge >= 0.3 is 5.69 Å². The van der Waals surface area contributed by atoms with E-state index in [1.165, 1.54) is 11.8 Å². The van der Waals surface area contributed by atoms with Gasteiger partial charge in [0.2, 0.25) is 5.95 Å². The number of hydrogen-bond acceptors (Lipinski definition) is 9. The number of hydrogen-bond donors (Lipinski definition) is 1. The fourth-order valence-corrected chi connectivity index (χ4v) is 3.03. The Bertz CT molecular complexity index is 1120. The summed E-state index contributed by atoms with van der Waals surface area (Å²) in [6.07, 6.45) is 1.61. The second-order valence-corrected chi connectivity index (χ2v) is 6.80. The van der Waals surface area contributed by atoms with Gasteiger partial charge in [-0.15, -0.1) is 0 Å². The predicted octanol–water partition coefficient (Wildman–Crippen LogP) is 3.31. The molecule has 0 aliphatic carbocycles. The second kappa shape index (κ2) is 9.20. The third-order valence-electron chi connectivity index (χ3n) is 4.42. The number of nitrogens with zero attached hydrogens (tertiary/aromatic N) is 6. The summed E-state index contributed by atoms with van der Waals surface area (Å²) in [5.74, 6) is 1.38. The quantitative estimate of drug-likeness (QED) is 0.330. The number of benzene rings is 1. The van der Waals surface area contributed by atoms with Gasteiger partial charge in [-0.2, -0.15) is 10.2 Å². The Balaban J connectivity index is 1.70. The van der Waals surface area contributed by atoms with Crippen LogP contribution in [0.15, 0.2) is 29.4 Å².